The minimum atomic E-state index is 0.0215. The minimum absolute atomic E-state index is 0.0215. The summed E-state index contributed by atoms with van der Waals surface area (Å²) in [6.07, 6.45) is 0.0215. The third-order valence-corrected chi connectivity index (χ3v) is 4.30. The number of methoxy groups -OCH3 is 1. The predicted molar refractivity (Wildman–Crippen MR) is 75.6 cm³/mol. The molecule has 92 valence electrons. The molecule has 2 aromatic carbocycles. The van der Waals surface area contributed by atoms with Crippen LogP contribution in [0.4, 0.5) is 11.4 Å². The number of anilines is 2. The van der Waals surface area contributed by atoms with Crippen LogP contribution >= 0.6 is 11.8 Å². The van der Waals surface area contributed by atoms with E-state index in [1.54, 1.807) is 7.11 Å². The molecular weight excluding hydrogens is 242 g/mol. The maximum atomic E-state index is 5.52. The first-order valence-corrected chi connectivity index (χ1v) is 6.81. The summed E-state index contributed by atoms with van der Waals surface area (Å²) < 4.78 is 5.52. The molecule has 0 aliphatic carbocycles. The van der Waals surface area contributed by atoms with Gasteiger partial charge in [0.15, 0.2) is 0 Å². The van der Waals surface area contributed by atoms with E-state index < -0.39 is 0 Å². The van der Waals surface area contributed by atoms with Crippen LogP contribution in [0.2, 0.25) is 0 Å². The average molecular weight is 257 g/mol. The van der Waals surface area contributed by atoms with Crippen molar-refractivity contribution in [2.75, 3.05) is 12.0 Å². The molecule has 0 radical (unpaired) electrons. The van der Waals surface area contributed by atoms with Crippen molar-refractivity contribution in [3.8, 4) is 0 Å². The Hall–Kier alpha value is -1.45. The minimum Gasteiger partial charge on any atom is -0.362 e. The van der Waals surface area contributed by atoms with Crippen LogP contribution in [0.5, 0.6) is 0 Å². The fourth-order valence-corrected chi connectivity index (χ4v) is 3.30. The van der Waals surface area contributed by atoms with E-state index in [2.05, 4.69) is 60.4 Å². The summed E-state index contributed by atoms with van der Waals surface area (Å²) in [4.78, 5) is 4.81. The molecule has 1 aliphatic rings. The molecule has 1 aliphatic heterocycles. The van der Waals surface area contributed by atoms with Crippen molar-refractivity contribution in [3.63, 3.8) is 0 Å². The van der Waals surface area contributed by atoms with E-state index in [0.717, 1.165) is 0 Å². The molecule has 1 unspecified atom stereocenters. The summed E-state index contributed by atoms with van der Waals surface area (Å²) >= 11 is 1.82. The standard InChI is InChI=1S/C15H15NOS/c1-11(17-2)16-12-7-3-5-9-14(12)18-15-10-6-4-8-13(15)16/h3-11H,1-2H3. The highest BCUT2D eigenvalue weighted by Crippen LogP contribution is 2.48. The molecule has 0 saturated heterocycles. The van der Waals surface area contributed by atoms with Crippen molar-refractivity contribution >= 4 is 23.1 Å². The number of hydrogen-bond donors (Lipinski definition) is 0. The summed E-state index contributed by atoms with van der Waals surface area (Å²) in [6, 6.07) is 16.9. The zero-order valence-electron chi connectivity index (χ0n) is 10.5. The second-order valence-electron chi connectivity index (χ2n) is 4.24. The molecule has 0 spiro atoms. The van der Waals surface area contributed by atoms with E-state index in [-0.39, 0.29) is 6.23 Å². The highest BCUT2D eigenvalue weighted by Gasteiger charge is 2.26. The topological polar surface area (TPSA) is 12.5 Å². The predicted octanol–water partition coefficient (Wildman–Crippen LogP) is 4.28. The third-order valence-electron chi connectivity index (χ3n) is 3.17. The largest absolute Gasteiger partial charge is 0.362 e. The molecule has 0 N–H and O–H groups in total. The number of hydrogen-bond acceptors (Lipinski definition) is 3. The van der Waals surface area contributed by atoms with Crippen molar-refractivity contribution in [1.29, 1.82) is 0 Å². The van der Waals surface area contributed by atoms with Gasteiger partial charge >= 0.3 is 0 Å². The number of nitrogens with zero attached hydrogens (tertiary/aromatic N) is 1. The average Bonchev–Trinajstić information content (AvgIpc) is 2.44. The molecule has 0 saturated carbocycles. The van der Waals surface area contributed by atoms with E-state index >= 15 is 0 Å². The Balaban J connectivity index is 2.17. The first kappa shape index (κ1) is 11.6. The first-order valence-electron chi connectivity index (χ1n) is 5.99. The van der Waals surface area contributed by atoms with Gasteiger partial charge in [0, 0.05) is 16.9 Å². The molecule has 1 atom stereocenters. The van der Waals surface area contributed by atoms with Gasteiger partial charge in [0.05, 0.1) is 11.4 Å². The number of benzene rings is 2. The molecule has 0 amide bonds. The van der Waals surface area contributed by atoms with Crippen LogP contribution < -0.4 is 4.90 Å². The molecule has 3 heteroatoms. The van der Waals surface area contributed by atoms with Crippen LogP contribution in [0.3, 0.4) is 0 Å². The van der Waals surface area contributed by atoms with Crippen LogP contribution in [-0.4, -0.2) is 13.3 Å². The van der Waals surface area contributed by atoms with Gasteiger partial charge in [-0.15, -0.1) is 0 Å². The van der Waals surface area contributed by atoms with Gasteiger partial charge < -0.3 is 9.64 Å². The Morgan fingerprint density at radius 3 is 1.94 bits per heavy atom. The van der Waals surface area contributed by atoms with Gasteiger partial charge in [-0.2, -0.15) is 0 Å². The number of fused-ring (bicyclic) bond motifs is 2. The summed E-state index contributed by atoms with van der Waals surface area (Å²) in [7, 11) is 1.75. The van der Waals surface area contributed by atoms with Gasteiger partial charge in [0.1, 0.15) is 6.23 Å². The molecule has 0 bridgehead atoms. The van der Waals surface area contributed by atoms with E-state index in [1.165, 1.54) is 21.2 Å². The first-order chi connectivity index (χ1) is 8.81. The molecule has 3 rings (SSSR count). The van der Waals surface area contributed by atoms with Gasteiger partial charge in [-0.05, 0) is 31.2 Å². The van der Waals surface area contributed by atoms with E-state index in [9.17, 15) is 0 Å². The van der Waals surface area contributed by atoms with Crippen LogP contribution in [-0.2, 0) is 4.74 Å². The summed E-state index contributed by atoms with van der Waals surface area (Å²) in [6.45, 7) is 2.07. The lowest BCUT2D eigenvalue weighted by atomic mass is 10.2. The lowest BCUT2D eigenvalue weighted by Gasteiger charge is -2.36. The molecule has 2 aromatic rings. The monoisotopic (exact) mass is 257 g/mol. The van der Waals surface area contributed by atoms with Gasteiger partial charge in [0.25, 0.3) is 0 Å². The second kappa shape index (κ2) is 4.67. The van der Waals surface area contributed by atoms with E-state index in [4.69, 9.17) is 4.74 Å². The highest BCUT2D eigenvalue weighted by molar-refractivity contribution is 7.99. The second-order valence-corrected chi connectivity index (χ2v) is 5.33. The number of ether oxygens (including phenoxy) is 1. The summed E-state index contributed by atoms with van der Waals surface area (Å²) in [5.74, 6) is 0. The Morgan fingerprint density at radius 1 is 0.944 bits per heavy atom. The summed E-state index contributed by atoms with van der Waals surface area (Å²) in [5.41, 5.74) is 2.44. The van der Waals surface area contributed by atoms with Gasteiger partial charge in [-0.3, -0.25) is 0 Å². The van der Waals surface area contributed by atoms with Gasteiger partial charge in [-0.1, -0.05) is 36.0 Å². The molecule has 0 fully saturated rings. The quantitative estimate of drug-likeness (QED) is 0.796. The van der Waals surface area contributed by atoms with Gasteiger partial charge in [-0.25, -0.2) is 0 Å². The fourth-order valence-electron chi connectivity index (χ4n) is 2.23. The van der Waals surface area contributed by atoms with Gasteiger partial charge in [0.2, 0.25) is 0 Å². The maximum Gasteiger partial charge on any atom is 0.131 e. The molecule has 18 heavy (non-hydrogen) atoms. The van der Waals surface area contributed by atoms with E-state index in [1.807, 2.05) is 11.8 Å². The Morgan fingerprint density at radius 2 is 1.44 bits per heavy atom. The lowest BCUT2D eigenvalue weighted by molar-refractivity contribution is 0.123. The lowest BCUT2D eigenvalue weighted by Crippen LogP contribution is -2.31. The zero-order chi connectivity index (χ0) is 12.5. The smallest absolute Gasteiger partial charge is 0.131 e. The van der Waals surface area contributed by atoms with Crippen LogP contribution in [0.1, 0.15) is 6.92 Å². The highest BCUT2D eigenvalue weighted by atomic mass is 32.2. The fraction of sp³-hybridized carbons (Fsp3) is 0.200. The van der Waals surface area contributed by atoms with Crippen molar-refractivity contribution in [1.82, 2.24) is 0 Å². The Bertz CT molecular complexity index is 524. The Labute approximate surface area is 112 Å². The van der Waals surface area contributed by atoms with Crippen molar-refractivity contribution in [2.45, 2.75) is 22.9 Å². The Kier molecular flexibility index (Phi) is 3.02. The van der Waals surface area contributed by atoms with Crippen LogP contribution in [0, 0.1) is 0 Å². The van der Waals surface area contributed by atoms with E-state index in [0.29, 0.717) is 0 Å². The zero-order valence-corrected chi connectivity index (χ0v) is 11.3. The van der Waals surface area contributed by atoms with Crippen LogP contribution in [0.25, 0.3) is 0 Å². The van der Waals surface area contributed by atoms with Crippen LogP contribution in [0.15, 0.2) is 58.3 Å². The maximum absolute atomic E-state index is 5.52. The van der Waals surface area contributed by atoms with Crippen molar-refractivity contribution < 1.29 is 4.74 Å². The third kappa shape index (κ3) is 1.80. The molecular formula is C15H15NOS. The van der Waals surface area contributed by atoms with Crippen molar-refractivity contribution in [3.05, 3.63) is 48.5 Å². The summed E-state index contributed by atoms with van der Waals surface area (Å²) in [5, 5.41) is 0. The number of rotatable bonds is 2. The van der Waals surface area contributed by atoms with Crippen molar-refractivity contribution in [2.24, 2.45) is 0 Å². The molecule has 1 heterocycles. The molecule has 0 aromatic heterocycles. The SMILES string of the molecule is COC(C)N1c2ccccc2Sc2ccccc21. The molecule has 2 nitrogen and oxygen atoms in total. The number of para-hydroxylation sites is 2. The normalized spacial score (nSPS) is 14.9.